The third kappa shape index (κ3) is 5.43. The van der Waals surface area contributed by atoms with Gasteiger partial charge >= 0.3 is 0 Å². The number of rotatable bonds is 8. The van der Waals surface area contributed by atoms with Gasteiger partial charge in [-0.3, -0.25) is 0 Å². The molecule has 168 valence electrons. The van der Waals surface area contributed by atoms with Crippen LogP contribution in [0.3, 0.4) is 0 Å². The minimum absolute atomic E-state index is 0.220. The molecule has 4 aromatic carbocycles. The molecule has 0 heterocycles. The van der Waals surface area contributed by atoms with Gasteiger partial charge in [-0.1, -0.05) is 116 Å². The number of hydrogen-bond acceptors (Lipinski definition) is 1. The molecule has 4 rings (SSSR count). The lowest BCUT2D eigenvalue weighted by molar-refractivity contribution is 0.207. The summed E-state index contributed by atoms with van der Waals surface area (Å²) in [4.78, 5) is 0. The van der Waals surface area contributed by atoms with Crippen LogP contribution in [0.1, 0.15) is 33.1 Å². The van der Waals surface area contributed by atoms with Crippen LogP contribution in [0.25, 0.3) is 33.4 Å². The van der Waals surface area contributed by atoms with Crippen LogP contribution < -0.4 is 4.74 Å². The lowest BCUT2D eigenvalue weighted by Crippen LogP contribution is -2.11. The number of hydrogen-bond donors (Lipinski definition) is 0. The molecule has 0 fully saturated rings. The van der Waals surface area contributed by atoms with E-state index in [0.717, 1.165) is 45.6 Å². The van der Waals surface area contributed by atoms with Gasteiger partial charge in [0.1, 0.15) is 5.75 Å². The highest BCUT2D eigenvalue weighted by atomic mass is 35.5. The highest BCUT2D eigenvalue weighted by molar-refractivity contribution is 6.43. The van der Waals surface area contributed by atoms with Gasteiger partial charge in [0.05, 0.1) is 16.1 Å². The number of benzene rings is 4. The van der Waals surface area contributed by atoms with Crippen molar-refractivity contribution in [2.24, 2.45) is 0 Å². The van der Waals surface area contributed by atoms with Gasteiger partial charge < -0.3 is 4.74 Å². The summed E-state index contributed by atoms with van der Waals surface area (Å²) in [7, 11) is 0. The van der Waals surface area contributed by atoms with Crippen LogP contribution in [0.4, 0.5) is 0 Å². The van der Waals surface area contributed by atoms with Crippen LogP contribution in [-0.2, 0) is 0 Å². The fourth-order valence-electron chi connectivity index (χ4n) is 4.13. The third-order valence-corrected chi connectivity index (χ3v) is 6.67. The Hall–Kier alpha value is -2.74. The van der Waals surface area contributed by atoms with E-state index < -0.39 is 0 Å². The number of halogens is 2. The van der Waals surface area contributed by atoms with Crippen molar-refractivity contribution >= 4 is 23.2 Å². The zero-order valence-corrected chi connectivity index (χ0v) is 20.5. The monoisotopic (exact) mass is 474 g/mol. The van der Waals surface area contributed by atoms with Gasteiger partial charge in [0.2, 0.25) is 0 Å². The van der Waals surface area contributed by atoms with Gasteiger partial charge in [-0.2, -0.15) is 0 Å². The van der Waals surface area contributed by atoms with Crippen LogP contribution >= 0.6 is 23.2 Å². The summed E-state index contributed by atoms with van der Waals surface area (Å²) in [6, 6.07) is 30.9. The summed E-state index contributed by atoms with van der Waals surface area (Å²) >= 11 is 12.9. The van der Waals surface area contributed by atoms with Crippen LogP contribution in [0.15, 0.2) is 91.0 Å². The van der Waals surface area contributed by atoms with Crippen molar-refractivity contribution in [1.82, 2.24) is 0 Å². The molecule has 1 atom stereocenters. The average Bonchev–Trinajstić information content (AvgIpc) is 2.85. The summed E-state index contributed by atoms with van der Waals surface area (Å²) in [5.74, 6) is 0.908. The molecule has 0 spiro atoms. The summed E-state index contributed by atoms with van der Waals surface area (Å²) in [5.41, 5.74) is 6.56. The van der Waals surface area contributed by atoms with Crippen molar-refractivity contribution in [3.8, 4) is 39.1 Å². The molecule has 0 N–H and O–H groups in total. The lowest BCUT2D eigenvalue weighted by Gasteiger charge is -2.17. The number of unbranched alkanes of at least 4 members (excludes halogenated alkanes) is 1. The molecule has 0 aliphatic carbocycles. The SMILES string of the molecule is CCCCC(C)Oc1ccc(-c2ccccc2-c2ccccc2-c2cccc(Cl)c2Cl)cc1. The fraction of sp³-hybridized carbons (Fsp3) is 0.200. The molecule has 0 radical (unpaired) electrons. The second-order valence-electron chi connectivity index (χ2n) is 8.29. The van der Waals surface area contributed by atoms with E-state index in [0.29, 0.717) is 10.0 Å². The van der Waals surface area contributed by atoms with E-state index in [-0.39, 0.29) is 6.10 Å². The molecule has 0 aliphatic rings. The molecule has 1 nitrogen and oxygen atoms in total. The summed E-state index contributed by atoms with van der Waals surface area (Å²) in [5, 5.41) is 1.13. The van der Waals surface area contributed by atoms with Gasteiger partial charge in [0, 0.05) is 5.56 Å². The van der Waals surface area contributed by atoms with Gasteiger partial charge in [-0.15, -0.1) is 0 Å². The molecule has 4 aromatic rings. The highest BCUT2D eigenvalue weighted by Crippen LogP contribution is 2.41. The maximum atomic E-state index is 6.59. The minimum Gasteiger partial charge on any atom is -0.491 e. The Labute approximate surface area is 207 Å². The average molecular weight is 475 g/mol. The Morgan fingerprint density at radius 3 is 1.85 bits per heavy atom. The van der Waals surface area contributed by atoms with Crippen molar-refractivity contribution in [2.75, 3.05) is 0 Å². The van der Waals surface area contributed by atoms with Crippen molar-refractivity contribution in [3.63, 3.8) is 0 Å². The molecule has 0 saturated carbocycles. The van der Waals surface area contributed by atoms with Gasteiger partial charge in [0.25, 0.3) is 0 Å². The van der Waals surface area contributed by atoms with E-state index in [9.17, 15) is 0 Å². The first-order chi connectivity index (χ1) is 16.1. The Bertz CT molecular complexity index is 1210. The Morgan fingerprint density at radius 2 is 1.21 bits per heavy atom. The molecule has 0 aromatic heterocycles. The highest BCUT2D eigenvalue weighted by Gasteiger charge is 2.15. The van der Waals surface area contributed by atoms with Crippen LogP contribution in [0, 0.1) is 0 Å². The molecule has 33 heavy (non-hydrogen) atoms. The second-order valence-corrected chi connectivity index (χ2v) is 9.07. The first-order valence-electron chi connectivity index (χ1n) is 11.5. The maximum absolute atomic E-state index is 6.59. The molecular weight excluding hydrogens is 447 g/mol. The van der Waals surface area contributed by atoms with E-state index in [1.165, 1.54) is 12.8 Å². The van der Waals surface area contributed by atoms with Gasteiger partial charge in [-0.05, 0) is 59.4 Å². The van der Waals surface area contributed by atoms with Crippen molar-refractivity contribution < 1.29 is 4.74 Å². The standard InChI is InChI=1S/C30H28Cl2O/c1-3-4-10-21(2)33-23-19-17-22(18-20-23)24-11-5-6-12-25(24)26-13-7-8-14-27(26)28-15-9-16-29(31)30(28)32/h5-9,11-21H,3-4,10H2,1-2H3. The van der Waals surface area contributed by atoms with E-state index >= 15 is 0 Å². The van der Waals surface area contributed by atoms with Crippen LogP contribution in [-0.4, -0.2) is 6.10 Å². The molecule has 3 heteroatoms. The summed E-state index contributed by atoms with van der Waals surface area (Å²) in [6.07, 6.45) is 3.66. The summed E-state index contributed by atoms with van der Waals surface area (Å²) in [6.45, 7) is 4.34. The predicted octanol–water partition coefficient (Wildman–Crippen LogP) is 9.95. The largest absolute Gasteiger partial charge is 0.491 e. The molecule has 0 saturated heterocycles. The molecule has 0 amide bonds. The Kier molecular flexibility index (Phi) is 7.75. The number of ether oxygens (including phenoxy) is 1. The lowest BCUT2D eigenvalue weighted by atomic mass is 9.89. The molecule has 0 aliphatic heterocycles. The molecular formula is C30H28Cl2O. The predicted molar refractivity (Wildman–Crippen MR) is 142 cm³/mol. The fourth-order valence-corrected chi connectivity index (χ4v) is 4.53. The second kappa shape index (κ2) is 10.9. The summed E-state index contributed by atoms with van der Waals surface area (Å²) < 4.78 is 6.10. The Morgan fingerprint density at radius 1 is 0.667 bits per heavy atom. The van der Waals surface area contributed by atoms with Crippen molar-refractivity contribution in [2.45, 2.75) is 39.2 Å². The zero-order valence-electron chi connectivity index (χ0n) is 19.0. The quantitative estimate of drug-likeness (QED) is 0.246. The van der Waals surface area contributed by atoms with Crippen LogP contribution in [0.5, 0.6) is 5.75 Å². The van der Waals surface area contributed by atoms with E-state index in [4.69, 9.17) is 27.9 Å². The minimum atomic E-state index is 0.220. The first kappa shape index (κ1) is 23.4. The topological polar surface area (TPSA) is 9.23 Å². The van der Waals surface area contributed by atoms with Crippen molar-refractivity contribution in [3.05, 3.63) is 101 Å². The van der Waals surface area contributed by atoms with Gasteiger partial charge in [-0.25, -0.2) is 0 Å². The normalized spacial score (nSPS) is 11.9. The zero-order chi connectivity index (χ0) is 23.2. The van der Waals surface area contributed by atoms with Crippen molar-refractivity contribution in [1.29, 1.82) is 0 Å². The Balaban J connectivity index is 1.71. The molecule has 0 bridgehead atoms. The third-order valence-electron chi connectivity index (χ3n) is 5.85. The van der Waals surface area contributed by atoms with Crippen LogP contribution in [0.2, 0.25) is 10.0 Å². The smallest absolute Gasteiger partial charge is 0.119 e. The van der Waals surface area contributed by atoms with E-state index in [2.05, 4.69) is 80.6 Å². The maximum Gasteiger partial charge on any atom is 0.119 e. The van der Waals surface area contributed by atoms with Gasteiger partial charge in [0.15, 0.2) is 0 Å². The van der Waals surface area contributed by atoms with E-state index in [1.807, 2.05) is 24.3 Å². The molecule has 1 unspecified atom stereocenters. The van der Waals surface area contributed by atoms with E-state index in [1.54, 1.807) is 0 Å². The first-order valence-corrected chi connectivity index (χ1v) is 12.2.